The van der Waals surface area contributed by atoms with E-state index in [1.807, 2.05) is 66.7 Å². The number of fused-ring (bicyclic) bond motifs is 4. The maximum atomic E-state index is 8.56. The van der Waals surface area contributed by atoms with E-state index >= 15 is 0 Å². The first-order chi connectivity index (χ1) is 19.8. The first-order valence-electron chi connectivity index (χ1n) is 13.7. The molecule has 36 heavy (non-hydrogen) atoms. The summed E-state index contributed by atoms with van der Waals surface area (Å²) in [5, 5.41) is 4.15. The smallest absolute Gasteiger partial charge is 0.164 e. The third-order valence-electron chi connectivity index (χ3n) is 6.07. The fourth-order valence-electron chi connectivity index (χ4n) is 4.41. The van der Waals surface area contributed by atoms with Crippen LogP contribution in [0.4, 0.5) is 0 Å². The van der Waals surface area contributed by atoms with Crippen LogP contribution in [0.15, 0.2) is 113 Å². The molecule has 7 rings (SSSR count). The Kier molecular flexibility index (Phi) is 3.73. The van der Waals surface area contributed by atoms with Crippen LogP contribution in [0.5, 0.6) is 0 Å². The van der Waals surface area contributed by atoms with E-state index < -0.39 is 18.1 Å². The second kappa shape index (κ2) is 8.29. The van der Waals surface area contributed by atoms with Crippen LogP contribution < -0.4 is 0 Å². The monoisotopic (exact) mass is 488 g/mol. The van der Waals surface area contributed by atoms with Crippen molar-refractivity contribution >= 4 is 44.3 Å². The van der Waals surface area contributed by atoms with Crippen LogP contribution in [0.25, 0.3) is 66.9 Å². The van der Waals surface area contributed by atoms with Crippen LogP contribution in [-0.4, -0.2) is 15.0 Å². The summed E-state index contributed by atoms with van der Waals surface area (Å²) < 4.78 is 47.6. The van der Waals surface area contributed by atoms with Crippen LogP contribution in [0, 0.1) is 0 Å². The van der Waals surface area contributed by atoms with Gasteiger partial charge in [0, 0.05) is 38.6 Å². The Labute approximate surface area is 218 Å². The van der Waals surface area contributed by atoms with Gasteiger partial charge in [-0.3, -0.25) is 0 Å². The van der Waals surface area contributed by atoms with Gasteiger partial charge in [0.05, 0.1) is 6.85 Å². The van der Waals surface area contributed by atoms with Crippen molar-refractivity contribution in [1.29, 1.82) is 0 Å². The molecule has 0 aliphatic carbocycles. The second-order valence-corrected chi connectivity index (χ2v) is 8.73. The van der Waals surface area contributed by atoms with E-state index in [0.717, 1.165) is 21.5 Å². The second-order valence-electron chi connectivity index (χ2n) is 8.29. The van der Waals surface area contributed by atoms with Gasteiger partial charge < -0.3 is 4.42 Å². The summed E-state index contributed by atoms with van der Waals surface area (Å²) in [6, 6.07) is 22.4. The normalized spacial score (nSPS) is 13.4. The molecule has 5 aromatic carbocycles. The molecule has 0 unspecified atom stereocenters. The van der Waals surface area contributed by atoms with Gasteiger partial charge in [0.2, 0.25) is 0 Å². The first kappa shape index (κ1) is 16.2. The lowest BCUT2D eigenvalue weighted by atomic mass is 10.0. The molecule has 0 amide bonds. The summed E-state index contributed by atoms with van der Waals surface area (Å²) >= 11 is 6.22. The molecule has 0 fully saturated rings. The van der Waals surface area contributed by atoms with Crippen molar-refractivity contribution in [2.75, 3.05) is 0 Å². The van der Waals surface area contributed by atoms with Gasteiger partial charge >= 0.3 is 0 Å². The van der Waals surface area contributed by atoms with Crippen molar-refractivity contribution in [2.45, 2.75) is 0 Å². The summed E-state index contributed by atoms with van der Waals surface area (Å²) in [6.07, 6.45) is 0. The Morgan fingerprint density at radius 2 is 1.42 bits per heavy atom. The number of halogens is 1. The van der Waals surface area contributed by atoms with Crippen LogP contribution >= 0.6 is 11.6 Å². The van der Waals surface area contributed by atoms with Crippen molar-refractivity contribution in [1.82, 2.24) is 15.0 Å². The average molecular weight is 489 g/mol. The summed E-state index contributed by atoms with van der Waals surface area (Å²) in [5.41, 5.74) is 2.45. The molecule has 170 valence electrons. The predicted octanol–water partition coefficient (Wildman–Crippen LogP) is 8.58. The van der Waals surface area contributed by atoms with Gasteiger partial charge in [0.25, 0.3) is 0 Å². The predicted molar refractivity (Wildman–Crippen MR) is 146 cm³/mol. The van der Waals surface area contributed by atoms with E-state index in [0.29, 0.717) is 33.1 Å². The van der Waals surface area contributed by atoms with E-state index in [9.17, 15) is 0 Å². The zero-order valence-electron chi connectivity index (χ0n) is 23.6. The first-order valence-corrected chi connectivity index (χ1v) is 11.6. The molecule has 0 spiro atoms. The highest BCUT2D eigenvalue weighted by molar-refractivity contribution is 6.31. The van der Waals surface area contributed by atoms with Crippen molar-refractivity contribution in [3.63, 3.8) is 0 Å². The quantitative estimate of drug-likeness (QED) is 0.250. The lowest BCUT2D eigenvalue weighted by molar-refractivity contribution is 0.669. The van der Waals surface area contributed by atoms with Crippen LogP contribution in [0.1, 0.15) is 6.85 Å². The Bertz CT molecular complexity index is 2170. The number of hydrogen-bond donors (Lipinski definition) is 0. The summed E-state index contributed by atoms with van der Waals surface area (Å²) in [7, 11) is 0. The Morgan fingerprint density at radius 3 is 2.28 bits per heavy atom. The number of nitrogens with zero attached hydrogens (tertiary/aromatic N) is 3. The molecule has 5 heteroatoms. The van der Waals surface area contributed by atoms with E-state index in [-0.39, 0.29) is 29.3 Å². The third kappa shape index (κ3) is 3.51. The molecular formula is C31H18ClN3O. The largest absolute Gasteiger partial charge is 0.456 e. The highest BCUT2D eigenvalue weighted by atomic mass is 35.5. The van der Waals surface area contributed by atoms with Gasteiger partial charge in [-0.2, -0.15) is 0 Å². The average Bonchev–Trinajstić information content (AvgIpc) is 3.36. The minimum atomic E-state index is -0.485. The highest BCUT2D eigenvalue weighted by Crippen LogP contribution is 2.37. The van der Waals surface area contributed by atoms with E-state index in [2.05, 4.69) is 4.98 Å². The van der Waals surface area contributed by atoms with E-state index in [1.165, 1.54) is 0 Å². The van der Waals surface area contributed by atoms with Crippen molar-refractivity contribution < 1.29 is 11.3 Å². The zero-order chi connectivity index (χ0) is 28.4. The van der Waals surface area contributed by atoms with Crippen molar-refractivity contribution in [3.05, 3.63) is 114 Å². The van der Waals surface area contributed by atoms with Gasteiger partial charge in [0.1, 0.15) is 11.2 Å². The summed E-state index contributed by atoms with van der Waals surface area (Å²) in [6.45, 7) is 0. The van der Waals surface area contributed by atoms with Crippen molar-refractivity contribution in [2.24, 2.45) is 0 Å². The highest BCUT2D eigenvalue weighted by Gasteiger charge is 2.18. The van der Waals surface area contributed by atoms with E-state index in [4.69, 9.17) is 32.8 Å². The molecule has 0 aliphatic rings. The molecule has 0 bridgehead atoms. The maximum Gasteiger partial charge on any atom is 0.164 e. The number of aromatic nitrogens is 3. The molecule has 2 aromatic heterocycles. The Balaban J connectivity index is 1.55. The van der Waals surface area contributed by atoms with Gasteiger partial charge in [-0.1, -0.05) is 90.3 Å². The van der Waals surface area contributed by atoms with Gasteiger partial charge in [-0.25, -0.2) is 15.0 Å². The molecular weight excluding hydrogens is 466 g/mol. The zero-order valence-corrected chi connectivity index (χ0v) is 19.4. The molecule has 0 N–H and O–H groups in total. The molecule has 7 aromatic rings. The van der Waals surface area contributed by atoms with Gasteiger partial charge in [-0.05, 0) is 35.0 Å². The van der Waals surface area contributed by atoms with Gasteiger partial charge in [-0.15, -0.1) is 0 Å². The topological polar surface area (TPSA) is 51.8 Å². The molecule has 0 atom stereocenters. The minimum Gasteiger partial charge on any atom is -0.456 e. The SMILES string of the molecule is [2H]c1c([2H])c([2H])c(-c2nc(-c3ccc4ccccc4c3)nc(-c3cccc4oc5cc(Cl)ccc5c34)n2)c([2H])c1[2H]. The number of rotatable bonds is 3. The summed E-state index contributed by atoms with van der Waals surface area (Å²) in [5.74, 6) is 0.548. The molecule has 0 saturated heterocycles. The molecule has 2 heterocycles. The fourth-order valence-corrected chi connectivity index (χ4v) is 4.58. The molecule has 0 radical (unpaired) electrons. The Hall–Kier alpha value is -4.54. The maximum absolute atomic E-state index is 8.56. The third-order valence-corrected chi connectivity index (χ3v) is 6.30. The minimum absolute atomic E-state index is 0.0250. The lowest BCUT2D eigenvalue weighted by Crippen LogP contribution is -2.00. The van der Waals surface area contributed by atoms with Crippen LogP contribution in [0.2, 0.25) is 5.02 Å². The number of hydrogen-bond acceptors (Lipinski definition) is 4. The Morgan fingerprint density at radius 1 is 0.639 bits per heavy atom. The van der Waals surface area contributed by atoms with Crippen LogP contribution in [0.3, 0.4) is 0 Å². The van der Waals surface area contributed by atoms with Crippen LogP contribution in [-0.2, 0) is 0 Å². The number of furan rings is 1. The lowest BCUT2D eigenvalue weighted by Gasteiger charge is -2.10. The van der Waals surface area contributed by atoms with Gasteiger partial charge in [0.15, 0.2) is 17.5 Å². The summed E-state index contributed by atoms with van der Waals surface area (Å²) in [4.78, 5) is 14.2. The van der Waals surface area contributed by atoms with E-state index in [1.54, 1.807) is 12.1 Å². The fraction of sp³-hybridized carbons (Fsp3) is 0. The van der Waals surface area contributed by atoms with Crippen molar-refractivity contribution in [3.8, 4) is 34.2 Å². The molecule has 0 aliphatic heterocycles. The standard InChI is InChI=1S/C31H18ClN3O/c32-23-15-16-24-27(18-23)36-26-12-6-11-25(28(24)26)31-34-29(20-8-2-1-3-9-20)33-30(35-31)22-14-13-19-7-4-5-10-21(19)17-22/h1-18H/i1D,2D,3D,8D,9D. The molecule has 0 saturated carbocycles. The molecule has 4 nitrogen and oxygen atoms in total. The number of benzene rings is 5.